The summed E-state index contributed by atoms with van der Waals surface area (Å²) in [6.45, 7) is 8.70. The summed E-state index contributed by atoms with van der Waals surface area (Å²) < 4.78 is 5.06. The summed E-state index contributed by atoms with van der Waals surface area (Å²) in [5.41, 5.74) is 0.434. The second kappa shape index (κ2) is 8.06. The molecule has 0 aromatic heterocycles. The summed E-state index contributed by atoms with van der Waals surface area (Å²) >= 11 is 0. The van der Waals surface area contributed by atoms with Gasteiger partial charge in [-0.3, -0.25) is 9.59 Å². The van der Waals surface area contributed by atoms with Crippen molar-refractivity contribution in [3.63, 3.8) is 0 Å². The van der Waals surface area contributed by atoms with Gasteiger partial charge in [-0.1, -0.05) is 32.6 Å². The molecule has 0 heterocycles. The molecule has 0 aliphatic heterocycles. The van der Waals surface area contributed by atoms with Crippen LogP contribution in [0.25, 0.3) is 0 Å². The number of ketones is 1. The zero-order chi connectivity index (χ0) is 14.1. The van der Waals surface area contributed by atoms with E-state index in [1.165, 1.54) is 14.0 Å². The Kier molecular flexibility index (Phi) is 7.12. The van der Waals surface area contributed by atoms with Crippen LogP contribution in [0.4, 0.5) is 5.69 Å². The van der Waals surface area contributed by atoms with Crippen molar-refractivity contribution in [3.8, 4) is 5.75 Å². The molecule has 0 atom stereocenters. The quantitative estimate of drug-likeness (QED) is 0.507. The lowest BCUT2D eigenvalue weighted by molar-refractivity contribution is -0.118. The number of hydrogen-bond acceptors (Lipinski definition) is 3. The summed E-state index contributed by atoms with van der Waals surface area (Å²) in [7, 11) is 1.50. The Hall–Kier alpha value is -2.10. The van der Waals surface area contributed by atoms with Gasteiger partial charge in [-0.2, -0.15) is 0 Å². The molecule has 1 rings (SSSR count). The lowest BCUT2D eigenvalue weighted by atomic mass is 10.2. The van der Waals surface area contributed by atoms with Gasteiger partial charge in [0.1, 0.15) is 5.75 Å². The van der Waals surface area contributed by atoms with Crippen LogP contribution in [-0.4, -0.2) is 18.8 Å². The number of benzene rings is 1. The SMILES string of the molecule is C=C(C(C)=O)C(=O)Nc1ccccc1OC.CC. The normalized spacial score (nSPS) is 8.67. The van der Waals surface area contributed by atoms with Crippen molar-refractivity contribution in [1.29, 1.82) is 0 Å². The van der Waals surface area contributed by atoms with E-state index in [4.69, 9.17) is 4.74 Å². The van der Waals surface area contributed by atoms with E-state index >= 15 is 0 Å². The Labute approximate surface area is 108 Å². The first-order valence-electron chi connectivity index (χ1n) is 5.70. The van der Waals surface area contributed by atoms with Crippen LogP contribution in [0.15, 0.2) is 36.4 Å². The smallest absolute Gasteiger partial charge is 0.258 e. The summed E-state index contributed by atoms with van der Waals surface area (Å²) in [6.07, 6.45) is 0. The van der Waals surface area contributed by atoms with Crippen molar-refractivity contribution in [2.75, 3.05) is 12.4 Å². The predicted octanol–water partition coefficient (Wildman–Crippen LogP) is 2.81. The monoisotopic (exact) mass is 249 g/mol. The first kappa shape index (κ1) is 15.9. The van der Waals surface area contributed by atoms with Gasteiger partial charge in [0.15, 0.2) is 5.78 Å². The van der Waals surface area contributed by atoms with Gasteiger partial charge in [0, 0.05) is 0 Å². The minimum Gasteiger partial charge on any atom is -0.495 e. The largest absolute Gasteiger partial charge is 0.495 e. The summed E-state index contributed by atoms with van der Waals surface area (Å²) in [5, 5.41) is 2.56. The molecule has 0 bridgehead atoms. The molecule has 98 valence electrons. The molecular weight excluding hydrogens is 230 g/mol. The van der Waals surface area contributed by atoms with Crippen molar-refractivity contribution >= 4 is 17.4 Å². The molecule has 1 N–H and O–H groups in total. The Morgan fingerprint density at radius 2 is 1.78 bits per heavy atom. The molecule has 0 fully saturated rings. The van der Waals surface area contributed by atoms with Crippen LogP contribution in [0, 0.1) is 0 Å². The van der Waals surface area contributed by atoms with Crippen LogP contribution in [0.3, 0.4) is 0 Å². The van der Waals surface area contributed by atoms with Gasteiger partial charge in [-0.25, -0.2) is 0 Å². The fraction of sp³-hybridized carbons (Fsp3) is 0.286. The topological polar surface area (TPSA) is 55.4 Å². The highest BCUT2D eigenvalue weighted by molar-refractivity contribution is 6.22. The number of Topliss-reactive ketones (excluding diaryl/α,β-unsaturated/α-hetero) is 1. The van der Waals surface area contributed by atoms with E-state index in [2.05, 4.69) is 11.9 Å². The molecule has 0 radical (unpaired) electrons. The number of carbonyl (C=O) groups is 2. The van der Waals surface area contributed by atoms with E-state index in [1.807, 2.05) is 13.8 Å². The Morgan fingerprint density at radius 1 is 1.22 bits per heavy atom. The molecule has 18 heavy (non-hydrogen) atoms. The zero-order valence-electron chi connectivity index (χ0n) is 11.2. The standard InChI is InChI=1S/C12H13NO3.C2H6/c1-8(9(2)14)12(15)13-10-6-4-5-7-11(10)16-3;1-2/h4-7H,1H2,2-3H3,(H,13,15);1-2H3. The molecule has 1 aromatic carbocycles. The van der Waals surface area contributed by atoms with Crippen LogP contribution >= 0.6 is 0 Å². The highest BCUT2D eigenvalue weighted by Crippen LogP contribution is 2.23. The number of rotatable bonds is 4. The number of para-hydroxylation sites is 2. The minimum atomic E-state index is -0.517. The first-order chi connectivity index (χ1) is 8.56. The van der Waals surface area contributed by atoms with Crippen LogP contribution < -0.4 is 10.1 Å². The van der Waals surface area contributed by atoms with Gasteiger partial charge in [0.2, 0.25) is 0 Å². The van der Waals surface area contributed by atoms with Gasteiger partial charge < -0.3 is 10.1 Å². The number of anilines is 1. The molecule has 1 aromatic rings. The maximum absolute atomic E-state index is 11.5. The number of hydrogen-bond donors (Lipinski definition) is 1. The average Bonchev–Trinajstić information content (AvgIpc) is 2.40. The second-order valence-corrected chi connectivity index (χ2v) is 3.19. The first-order valence-corrected chi connectivity index (χ1v) is 5.70. The Balaban J connectivity index is 0.00000137. The Bertz CT molecular complexity index is 438. The van der Waals surface area contributed by atoms with E-state index in [1.54, 1.807) is 24.3 Å². The van der Waals surface area contributed by atoms with Gasteiger partial charge in [0.05, 0.1) is 18.4 Å². The van der Waals surface area contributed by atoms with Crippen molar-refractivity contribution in [1.82, 2.24) is 0 Å². The van der Waals surface area contributed by atoms with E-state index in [0.29, 0.717) is 11.4 Å². The summed E-state index contributed by atoms with van der Waals surface area (Å²) in [5.74, 6) is -0.336. The highest BCUT2D eigenvalue weighted by atomic mass is 16.5. The molecule has 0 aliphatic carbocycles. The Morgan fingerprint density at radius 3 is 2.28 bits per heavy atom. The van der Waals surface area contributed by atoms with Crippen LogP contribution in [0.2, 0.25) is 0 Å². The van der Waals surface area contributed by atoms with Crippen LogP contribution in [0.1, 0.15) is 20.8 Å². The summed E-state index contributed by atoms with van der Waals surface area (Å²) in [4.78, 5) is 22.5. The molecule has 0 aliphatic rings. The molecule has 0 saturated carbocycles. The van der Waals surface area contributed by atoms with Gasteiger partial charge >= 0.3 is 0 Å². The second-order valence-electron chi connectivity index (χ2n) is 3.19. The third kappa shape index (κ3) is 4.41. The lowest BCUT2D eigenvalue weighted by Gasteiger charge is -2.09. The van der Waals surface area contributed by atoms with Gasteiger partial charge in [-0.05, 0) is 19.1 Å². The van der Waals surface area contributed by atoms with E-state index < -0.39 is 5.91 Å². The fourth-order valence-electron chi connectivity index (χ4n) is 1.11. The van der Waals surface area contributed by atoms with E-state index in [9.17, 15) is 9.59 Å². The molecule has 4 nitrogen and oxygen atoms in total. The van der Waals surface area contributed by atoms with Crippen LogP contribution in [-0.2, 0) is 9.59 Å². The summed E-state index contributed by atoms with van der Waals surface area (Å²) in [6, 6.07) is 6.94. The molecular formula is C14H19NO3. The third-order valence-corrected chi connectivity index (χ3v) is 2.05. The molecule has 1 amide bonds. The van der Waals surface area contributed by atoms with Crippen LogP contribution in [0.5, 0.6) is 5.75 Å². The number of nitrogens with one attached hydrogen (secondary N) is 1. The maximum atomic E-state index is 11.5. The van der Waals surface area contributed by atoms with E-state index in [-0.39, 0.29) is 11.4 Å². The minimum absolute atomic E-state index is 0.0779. The van der Waals surface area contributed by atoms with Crippen molar-refractivity contribution in [2.45, 2.75) is 20.8 Å². The van der Waals surface area contributed by atoms with Gasteiger partial charge in [0.25, 0.3) is 5.91 Å². The third-order valence-electron chi connectivity index (χ3n) is 2.05. The maximum Gasteiger partial charge on any atom is 0.258 e. The number of methoxy groups -OCH3 is 1. The van der Waals surface area contributed by atoms with E-state index in [0.717, 1.165) is 0 Å². The molecule has 0 unspecified atom stereocenters. The number of carbonyl (C=O) groups excluding carboxylic acids is 2. The predicted molar refractivity (Wildman–Crippen MR) is 72.8 cm³/mol. The number of ether oxygens (including phenoxy) is 1. The zero-order valence-corrected chi connectivity index (χ0v) is 11.2. The number of amides is 1. The van der Waals surface area contributed by atoms with Crippen molar-refractivity contribution in [3.05, 3.63) is 36.4 Å². The highest BCUT2D eigenvalue weighted by Gasteiger charge is 2.13. The van der Waals surface area contributed by atoms with Crippen molar-refractivity contribution < 1.29 is 14.3 Å². The lowest BCUT2D eigenvalue weighted by Crippen LogP contribution is -2.18. The molecule has 0 spiro atoms. The average molecular weight is 249 g/mol. The van der Waals surface area contributed by atoms with Gasteiger partial charge in [-0.15, -0.1) is 0 Å². The van der Waals surface area contributed by atoms with Crippen molar-refractivity contribution in [2.24, 2.45) is 0 Å². The molecule has 0 saturated heterocycles. The fourth-order valence-corrected chi connectivity index (χ4v) is 1.11. The molecule has 4 heteroatoms.